The molecule has 1 aliphatic rings. The molecule has 6 rings (SSSR count). The Morgan fingerprint density at radius 1 is 0.795 bits per heavy atom. The van der Waals surface area contributed by atoms with E-state index in [9.17, 15) is 5.26 Å². The van der Waals surface area contributed by atoms with Crippen LogP contribution >= 0.6 is 0 Å². The Bertz CT molecular complexity index is 1870. The van der Waals surface area contributed by atoms with Crippen molar-refractivity contribution in [3.8, 4) is 28.5 Å². The molecule has 0 saturated carbocycles. The average Bonchev–Trinajstić information content (AvgIpc) is 3.30. The Morgan fingerprint density at radius 2 is 1.46 bits per heavy atom. The van der Waals surface area contributed by atoms with Crippen LogP contribution in [0.2, 0.25) is 0 Å². The van der Waals surface area contributed by atoms with E-state index in [1.165, 1.54) is 16.7 Å². The zero-order valence-corrected chi connectivity index (χ0v) is 24.6. The fourth-order valence-electron chi connectivity index (χ4n) is 7.04. The molecule has 196 valence electrons. The van der Waals surface area contributed by atoms with E-state index in [4.69, 9.17) is 4.42 Å². The molecule has 5 aromatic rings. The van der Waals surface area contributed by atoms with E-state index in [-0.39, 0.29) is 16.2 Å². The number of nitriles is 1. The van der Waals surface area contributed by atoms with Gasteiger partial charge in [0.15, 0.2) is 6.20 Å². The number of nitrogens with zero attached hydrogens (tertiary/aromatic N) is 2. The Labute approximate surface area is 231 Å². The Balaban J connectivity index is 1.78. The molecule has 3 aromatic carbocycles. The standard InChI is InChI=1S/C36H37N2O/c1-21-18-26(31-27(19-21)34(3,4)36(7,8)35(31,5)6)30-23(20-37)14-16-25-24-15-13-22(2)29(32(24)39-33(25)30)28-12-10-11-17-38(28)9/h10-19H,1-9H3/q+1. The fraction of sp³-hybridized carbons (Fsp3) is 0.333. The van der Waals surface area contributed by atoms with Gasteiger partial charge < -0.3 is 4.42 Å². The maximum absolute atomic E-state index is 10.4. The average molecular weight is 514 g/mol. The maximum Gasteiger partial charge on any atom is 0.216 e. The quantitative estimate of drug-likeness (QED) is 0.221. The van der Waals surface area contributed by atoms with E-state index in [2.05, 4.69) is 122 Å². The van der Waals surface area contributed by atoms with Crippen molar-refractivity contribution in [2.45, 2.75) is 66.2 Å². The van der Waals surface area contributed by atoms with Crippen LogP contribution < -0.4 is 4.57 Å². The van der Waals surface area contributed by atoms with Crippen molar-refractivity contribution in [2.75, 3.05) is 0 Å². The van der Waals surface area contributed by atoms with E-state index in [0.717, 1.165) is 49.9 Å². The zero-order chi connectivity index (χ0) is 28.1. The number of pyridine rings is 1. The van der Waals surface area contributed by atoms with Gasteiger partial charge in [-0.1, -0.05) is 71.4 Å². The van der Waals surface area contributed by atoms with Crippen LogP contribution in [0.5, 0.6) is 0 Å². The summed E-state index contributed by atoms with van der Waals surface area (Å²) in [7, 11) is 2.07. The van der Waals surface area contributed by atoms with Crippen LogP contribution in [0, 0.1) is 30.6 Å². The molecule has 0 unspecified atom stereocenters. The normalized spacial score (nSPS) is 16.9. The first-order valence-electron chi connectivity index (χ1n) is 13.8. The molecule has 0 aliphatic heterocycles. The molecule has 0 saturated heterocycles. The van der Waals surface area contributed by atoms with Crippen LogP contribution in [0.3, 0.4) is 0 Å². The van der Waals surface area contributed by atoms with E-state index < -0.39 is 0 Å². The number of benzene rings is 3. The van der Waals surface area contributed by atoms with Gasteiger partial charge in [-0.05, 0) is 70.5 Å². The molecular formula is C36H37N2O+. The van der Waals surface area contributed by atoms with Gasteiger partial charge >= 0.3 is 0 Å². The minimum absolute atomic E-state index is 0.00575. The van der Waals surface area contributed by atoms with Gasteiger partial charge in [-0.25, -0.2) is 4.57 Å². The van der Waals surface area contributed by atoms with Crippen LogP contribution in [-0.2, 0) is 17.9 Å². The van der Waals surface area contributed by atoms with Gasteiger partial charge in [-0.3, -0.25) is 0 Å². The van der Waals surface area contributed by atoms with Gasteiger partial charge in [0.2, 0.25) is 5.69 Å². The number of rotatable bonds is 2. The summed E-state index contributed by atoms with van der Waals surface area (Å²) in [5.74, 6) is 0. The number of furan rings is 1. The highest BCUT2D eigenvalue weighted by Gasteiger charge is 2.57. The zero-order valence-electron chi connectivity index (χ0n) is 24.6. The molecular weight excluding hydrogens is 476 g/mol. The summed E-state index contributed by atoms with van der Waals surface area (Å²) >= 11 is 0. The summed E-state index contributed by atoms with van der Waals surface area (Å²) in [5, 5.41) is 12.5. The third kappa shape index (κ3) is 3.18. The Morgan fingerprint density at radius 3 is 2.13 bits per heavy atom. The van der Waals surface area contributed by atoms with Gasteiger partial charge in [0.25, 0.3) is 0 Å². The topological polar surface area (TPSA) is 40.8 Å². The second kappa shape index (κ2) is 8.06. The highest BCUT2D eigenvalue weighted by molar-refractivity contribution is 6.14. The third-order valence-electron chi connectivity index (χ3n) is 10.4. The minimum atomic E-state index is -0.116. The number of aromatic nitrogens is 1. The summed E-state index contributed by atoms with van der Waals surface area (Å²) in [6.45, 7) is 18.5. The summed E-state index contributed by atoms with van der Waals surface area (Å²) in [6, 6.07) is 21.8. The van der Waals surface area contributed by atoms with E-state index in [1.807, 2.05) is 12.1 Å². The van der Waals surface area contributed by atoms with Gasteiger partial charge in [-0.15, -0.1) is 0 Å². The van der Waals surface area contributed by atoms with Crippen molar-refractivity contribution in [3.63, 3.8) is 0 Å². The van der Waals surface area contributed by atoms with Crippen LogP contribution in [0.25, 0.3) is 44.3 Å². The smallest absolute Gasteiger partial charge is 0.216 e. The molecule has 0 atom stereocenters. The van der Waals surface area contributed by atoms with Crippen LogP contribution in [0.4, 0.5) is 0 Å². The predicted octanol–water partition coefficient (Wildman–Crippen LogP) is 8.83. The number of hydrogen-bond acceptors (Lipinski definition) is 2. The molecule has 1 aliphatic carbocycles. The third-order valence-corrected chi connectivity index (χ3v) is 10.4. The predicted molar refractivity (Wildman–Crippen MR) is 160 cm³/mol. The highest BCUT2D eigenvalue weighted by Crippen LogP contribution is 2.64. The van der Waals surface area contributed by atoms with E-state index in [1.54, 1.807) is 0 Å². The first-order chi connectivity index (χ1) is 18.3. The van der Waals surface area contributed by atoms with Gasteiger partial charge in [0, 0.05) is 28.5 Å². The minimum Gasteiger partial charge on any atom is -0.454 e. The lowest BCUT2D eigenvalue weighted by Gasteiger charge is -2.44. The monoisotopic (exact) mass is 513 g/mol. The molecule has 2 aromatic heterocycles. The molecule has 0 amide bonds. The summed E-state index contributed by atoms with van der Waals surface area (Å²) in [4.78, 5) is 0. The lowest BCUT2D eigenvalue weighted by atomic mass is 9.59. The van der Waals surface area contributed by atoms with Gasteiger partial charge in [0.1, 0.15) is 18.2 Å². The van der Waals surface area contributed by atoms with Gasteiger partial charge in [-0.2, -0.15) is 5.26 Å². The Hall–Kier alpha value is -3.90. The molecule has 0 fully saturated rings. The maximum atomic E-state index is 10.4. The first-order valence-corrected chi connectivity index (χ1v) is 13.8. The second-order valence-corrected chi connectivity index (χ2v) is 13.0. The molecule has 0 N–H and O–H groups in total. The molecule has 3 nitrogen and oxygen atoms in total. The second-order valence-electron chi connectivity index (χ2n) is 13.0. The fourth-order valence-corrected chi connectivity index (χ4v) is 7.04. The first kappa shape index (κ1) is 25.4. The lowest BCUT2D eigenvalue weighted by molar-refractivity contribution is -0.660. The van der Waals surface area contributed by atoms with Crippen molar-refractivity contribution >= 4 is 21.9 Å². The van der Waals surface area contributed by atoms with Crippen molar-refractivity contribution in [3.05, 3.63) is 88.6 Å². The number of hydrogen-bond donors (Lipinski definition) is 0. The van der Waals surface area contributed by atoms with Crippen LogP contribution in [0.1, 0.15) is 69.4 Å². The largest absolute Gasteiger partial charge is 0.454 e. The van der Waals surface area contributed by atoms with Crippen LogP contribution in [-0.4, -0.2) is 0 Å². The molecule has 3 heteroatoms. The van der Waals surface area contributed by atoms with Crippen LogP contribution in [0.15, 0.2) is 65.2 Å². The molecule has 0 bridgehead atoms. The summed E-state index contributed by atoms with van der Waals surface area (Å²) in [5.41, 5.74) is 11.5. The van der Waals surface area contributed by atoms with Crippen molar-refractivity contribution in [2.24, 2.45) is 12.5 Å². The SMILES string of the molecule is Cc1cc(-c2c(C#N)ccc3c2oc2c(-c4cccc[n+]4C)c(C)ccc23)c2c(c1)C(C)(C)C(C)(C)C2(C)C. The molecule has 0 radical (unpaired) electrons. The van der Waals surface area contributed by atoms with Crippen molar-refractivity contribution in [1.82, 2.24) is 0 Å². The van der Waals surface area contributed by atoms with Crippen molar-refractivity contribution < 1.29 is 8.98 Å². The van der Waals surface area contributed by atoms with E-state index >= 15 is 0 Å². The lowest BCUT2D eigenvalue weighted by Crippen LogP contribution is -2.42. The molecule has 39 heavy (non-hydrogen) atoms. The molecule has 2 heterocycles. The summed E-state index contributed by atoms with van der Waals surface area (Å²) < 4.78 is 9.04. The molecule has 0 spiro atoms. The van der Waals surface area contributed by atoms with Crippen molar-refractivity contribution in [1.29, 1.82) is 5.26 Å². The van der Waals surface area contributed by atoms with E-state index in [0.29, 0.717) is 5.56 Å². The number of aryl methyl sites for hydroxylation is 3. The highest BCUT2D eigenvalue weighted by atomic mass is 16.3. The number of fused-ring (bicyclic) bond motifs is 4. The van der Waals surface area contributed by atoms with Gasteiger partial charge in [0.05, 0.1) is 17.2 Å². The summed E-state index contributed by atoms with van der Waals surface area (Å²) in [6.07, 6.45) is 2.07. The Kier molecular flexibility index (Phi) is 5.24.